The predicted molar refractivity (Wildman–Crippen MR) is 83.8 cm³/mol. The number of ether oxygens (including phenoxy) is 1. The molecule has 6 heteroatoms. The van der Waals surface area contributed by atoms with Crippen LogP contribution in [0.2, 0.25) is 5.15 Å². The average Bonchev–Trinajstić information content (AvgIpc) is 2.96. The van der Waals surface area contributed by atoms with Crippen LogP contribution < -0.4 is 15.4 Å². The van der Waals surface area contributed by atoms with Crippen LogP contribution in [0.3, 0.4) is 0 Å². The highest BCUT2D eigenvalue weighted by Crippen LogP contribution is 2.36. The van der Waals surface area contributed by atoms with Crippen molar-refractivity contribution in [1.82, 2.24) is 9.97 Å². The summed E-state index contributed by atoms with van der Waals surface area (Å²) in [5.74, 6) is 1.85. The van der Waals surface area contributed by atoms with Gasteiger partial charge < -0.3 is 15.4 Å². The number of anilines is 2. The molecule has 0 unspecified atom stereocenters. The first-order chi connectivity index (χ1) is 10.2. The van der Waals surface area contributed by atoms with Crippen LogP contribution in [0.15, 0.2) is 30.3 Å². The molecule has 0 spiro atoms. The van der Waals surface area contributed by atoms with Gasteiger partial charge in [0.25, 0.3) is 0 Å². The lowest BCUT2D eigenvalue weighted by Crippen LogP contribution is -2.24. The fraction of sp³-hybridized carbons (Fsp3) is 0.333. The predicted octanol–water partition coefficient (Wildman–Crippen LogP) is 3.06. The summed E-state index contributed by atoms with van der Waals surface area (Å²) in [7, 11) is 1.67. The Morgan fingerprint density at radius 1 is 1.29 bits per heavy atom. The molecular formula is C15H17ClN4O. The molecule has 1 saturated heterocycles. The van der Waals surface area contributed by atoms with E-state index in [1.165, 1.54) is 5.56 Å². The molecule has 2 heterocycles. The molecular weight excluding hydrogens is 288 g/mol. The minimum atomic E-state index is 0.206. The molecule has 110 valence electrons. The summed E-state index contributed by atoms with van der Waals surface area (Å²) in [6.45, 7) is 0.934. The third-order valence-corrected chi connectivity index (χ3v) is 3.94. The summed E-state index contributed by atoms with van der Waals surface area (Å²) in [4.78, 5) is 10.5. The Balaban J connectivity index is 1.90. The summed E-state index contributed by atoms with van der Waals surface area (Å²) in [6, 6.07) is 10.2. The lowest BCUT2D eigenvalue weighted by Gasteiger charge is -2.26. The van der Waals surface area contributed by atoms with Crippen LogP contribution >= 0.6 is 11.6 Å². The van der Waals surface area contributed by atoms with Crippen LogP contribution in [0.1, 0.15) is 24.4 Å². The smallest absolute Gasteiger partial charge is 0.223 e. The maximum absolute atomic E-state index is 5.99. The van der Waals surface area contributed by atoms with Crippen LogP contribution in [0.25, 0.3) is 0 Å². The van der Waals surface area contributed by atoms with Crippen molar-refractivity contribution >= 4 is 23.4 Å². The van der Waals surface area contributed by atoms with Crippen molar-refractivity contribution < 1.29 is 4.74 Å². The normalized spacial score (nSPS) is 18.0. The fourth-order valence-corrected chi connectivity index (χ4v) is 2.97. The van der Waals surface area contributed by atoms with Gasteiger partial charge in [0, 0.05) is 12.6 Å². The van der Waals surface area contributed by atoms with E-state index in [1.54, 1.807) is 13.2 Å². The number of nitrogens with two attached hydrogens (primary N) is 1. The maximum Gasteiger partial charge on any atom is 0.223 e. The number of benzene rings is 1. The van der Waals surface area contributed by atoms with Crippen molar-refractivity contribution in [3.8, 4) is 5.75 Å². The largest absolute Gasteiger partial charge is 0.497 e. The van der Waals surface area contributed by atoms with E-state index in [-0.39, 0.29) is 12.0 Å². The molecule has 3 rings (SSSR count). The second kappa shape index (κ2) is 5.77. The van der Waals surface area contributed by atoms with E-state index in [2.05, 4.69) is 27.0 Å². The molecule has 0 amide bonds. The fourth-order valence-electron chi connectivity index (χ4n) is 2.78. The molecule has 1 atom stereocenters. The van der Waals surface area contributed by atoms with E-state index >= 15 is 0 Å². The van der Waals surface area contributed by atoms with Crippen LogP contribution in [0.5, 0.6) is 5.75 Å². The van der Waals surface area contributed by atoms with Crippen molar-refractivity contribution in [2.45, 2.75) is 18.9 Å². The SMILES string of the molecule is COc1ccc([C@@H]2CCCN2c2cc(Cl)nc(N)n2)cc1. The second-order valence-corrected chi connectivity index (χ2v) is 5.42. The highest BCUT2D eigenvalue weighted by Gasteiger charge is 2.27. The molecule has 1 fully saturated rings. The van der Waals surface area contributed by atoms with Crippen molar-refractivity contribution in [1.29, 1.82) is 0 Å². The van der Waals surface area contributed by atoms with Gasteiger partial charge in [-0.1, -0.05) is 23.7 Å². The first kappa shape index (κ1) is 13.9. The Morgan fingerprint density at radius 3 is 2.71 bits per heavy atom. The van der Waals surface area contributed by atoms with E-state index in [0.717, 1.165) is 31.0 Å². The molecule has 1 aromatic carbocycles. The number of hydrogen-bond donors (Lipinski definition) is 1. The minimum absolute atomic E-state index is 0.206. The maximum atomic E-state index is 5.99. The van der Waals surface area contributed by atoms with Gasteiger partial charge >= 0.3 is 0 Å². The number of nitrogen functional groups attached to an aromatic ring is 1. The monoisotopic (exact) mass is 304 g/mol. The Kier molecular flexibility index (Phi) is 3.84. The Hall–Kier alpha value is -2.01. The molecule has 2 N–H and O–H groups in total. The topological polar surface area (TPSA) is 64.3 Å². The van der Waals surface area contributed by atoms with Crippen molar-refractivity contribution in [3.05, 3.63) is 41.0 Å². The van der Waals surface area contributed by atoms with Gasteiger partial charge in [0.2, 0.25) is 5.95 Å². The molecule has 1 aliphatic rings. The Labute approximate surface area is 128 Å². The lowest BCUT2D eigenvalue weighted by molar-refractivity contribution is 0.414. The second-order valence-electron chi connectivity index (χ2n) is 5.03. The summed E-state index contributed by atoms with van der Waals surface area (Å²) >= 11 is 5.99. The van der Waals surface area contributed by atoms with E-state index < -0.39 is 0 Å². The molecule has 1 aromatic heterocycles. The van der Waals surface area contributed by atoms with Crippen LogP contribution in [-0.4, -0.2) is 23.6 Å². The molecule has 0 radical (unpaired) electrons. The van der Waals surface area contributed by atoms with Crippen LogP contribution in [-0.2, 0) is 0 Å². The Bertz CT molecular complexity index is 612. The number of halogens is 1. The van der Waals surface area contributed by atoms with E-state index in [1.807, 2.05) is 12.1 Å². The molecule has 21 heavy (non-hydrogen) atoms. The van der Waals surface area contributed by atoms with Gasteiger partial charge in [-0.3, -0.25) is 0 Å². The molecule has 0 saturated carbocycles. The van der Waals surface area contributed by atoms with Crippen molar-refractivity contribution in [2.24, 2.45) is 0 Å². The van der Waals surface area contributed by atoms with Gasteiger partial charge in [0.1, 0.15) is 16.7 Å². The van der Waals surface area contributed by atoms with Crippen molar-refractivity contribution in [3.63, 3.8) is 0 Å². The van der Waals surface area contributed by atoms with Gasteiger partial charge in [0.05, 0.1) is 13.2 Å². The van der Waals surface area contributed by atoms with Gasteiger partial charge in [-0.2, -0.15) is 4.98 Å². The van der Waals surface area contributed by atoms with Gasteiger partial charge in [-0.25, -0.2) is 4.98 Å². The minimum Gasteiger partial charge on any atom is -0.497 e. The summed E-state index contributed by atoms with van der Waals surface area (Å²) in [5, 5.41) is 0.373. The third-order valence-electron chi connectivity index (χ3n) is 3.75. The zero-order chi connectivity index (χ0) is 14.8. The van der Waals surface area contributed by atoms with Gasteiger partial charge in [-0.15, -0.1) is 0 Å². The summed E-state index contributed by atoms with van der Waals surface area (Å²) in [6.07, 6.45) is 2.19. The van der Waals surface area contributed by atoms with E-state index in [0.29, 0.717) is 5.15 Å². The van der Waals surface area contributed by atoms with Crippen molar-refractivity contribution in [2.75, 3.05) is 24.3 Å². The zero-order valence-corrected chi connectivity index (χ0v) is 12.5. The number of nitrogens with zero attached hydrogens (tertiary/aromatic N) is 3. The molecule has 5 nitrogen and oxygen atoms in total. The zero-order valence-electron chi connectivity index (χ0n) is 11.8. The lowest BCUT2D eigenvalue weighted by atomic mass is 10.0. The highest BCUT2D eigenvalue weighted by molar-refractivity contribution is 6.29. The summed E-state index contributed by atoms with van der Waals surface area (Å²) in [5.41, 5.74) is 6.94. The first-order valence-corrected chi connectivity index (χ1v) is 7.26. The van der Waals surface area contributed by atoms with Gasteiger partial charge in [-0.05, 0) is 30.5 Å². The van der Waals surface area contributed by atoms with Crippen LogP contribution in [0.4, 0.5) is 11.8 Å². The molecule has 2 aromatic rings. The quantitative estimate of drug-likeness (QED) is 0.883. The molecule has 1 aliphatic heterocycles. The highest BCUT2D eigenvalue weighted by atomic mass is 35.5. The molecule has 0 aliphatic carbocycles. The average molecular weight is 305 g/mol. The number of rotatable bonds is 3. The Morgan fingerprint density at radius 2 is 2.05 bits per heavy atom. The van der Waals surface area contributed by atoms with Crippen LogP contribution in [0, 0.1) is 0 Å². The third kappa shape index (κ3) is 2.88. The summed E-state index contributed by atoms with van der Waals surface area (Å²) < 4.78 is 5.21. The molecule has 0 bridgehead atoms. The number of methoxy groups -OCH3 is 1. The van der Waals surface area contributed by atoms with E-state index in [4.69, 9.17) is 22.1 Å². The van der Waals surface area contributed by atoms with E-state index in [9.17, 15) is 0 Å². The standard InChI is InChI=1S/C15H17ClN4O/c1-21-11-6-4-10(5-7-11)12-3-2-8-20(12)14-9-13(16)18-15(17)19-14/h4-7,9,12H,2-3,8H2,1H3,(H2,17,18,19)/t12-/m0/s1. The number of aromatic nitrogens is 2. The van der Waals surface area contributed by atoms with Gasteiger partial charge in [0.15, 0.2) is 0 Å². The first-order valence-electron chi connectivity index (χ1n) is 6.88. The number of hydrogen-bond acceptors (Lipinski definition) is 5.